The molecule has 0 bridgehead atoms. The third-order valence-corrected chi connectivity index (χ3v) is 2.06. The van der Waals surface area contributed by atoms with Crippen LogP contribution in [0.3, 0.4) is 0 Å². The fourth-order valence-electron chi connectivity index (χ4n) is 1.29. The Labute approximate surface area is 106 Å². The maximum Gasteiger partial charge on any atom is 0.307 e. The summed E-state index contributed by atoms with van der Waals surface area (Å²) >= 11 is 0. The van der Waals surface area contributed by atoms with Crippen molar-refractivity contribution in [3.8, 4) is 5.88 Å². The van der Waals surface area contributed by atoms with E-state index in [1.807, 2.05) is 6.92 Å². The smallest absolute Gasteiger partial charge is 0.307 e. The maximum absolute atomic E-state index is 11.1. The van der Waals surface area contributed by atoms with Crippen molar-refractivity contribution in [3.05, 3.63) is 6.33 Å². The summed E-state index contributed by atoms with van der Waals surface area (Å²) in [5, 5.41) is 2.94. The molecule has 0 saturated heterocycles. The number of nitrogen functional groups attached to an aromatic ring is 1. The van der Waals surface area contributed by atoms with Gasteiger partial charge in [0.1, 0.15) is 12.0 Å². The number of nitrogens with zero attached hydrogens (tertiary/aromatic N) is 2. The minimum atomic E-state index is -0.261. The SMILES string of the molecule is CCOC(=O)CCNc1ncnc(OCC)c1N. The Balaban J connectivity index is 2.52. The van der Waals surface area contributed by atoms with Crippen molar-refractivity contribution >= 4 is 17.5 Å². The number of rotatable bonds is 7. The molecule has 0 amide bonds. The molecule has 0 radical (unpaired) electrons. The van der Waals surface area contributed by atoms with Crippen LogP contribution in [0.2, 0.25) is 0 Å². The van der Waals surface area contributed by atoms with E-state index in [1.165, 1.54) is 6.33 Å². The molecule has 0 aliphatic carbocycles. The summed E-state index contributed by atoms with van der Waals surface area (Å²) in [6.07, 6.45) is 1.61. The molecule has 1 aromatic rings. The predicted molar refractivity (Wildman–Crippen MR) is 67.4 cm³/mol. The first-order valence-electron chi connectivity index (χ1n) is 5.81. The molecule has 0 saturated carbocycles. The second-order valence-corrected chi connectivity index (χ2v) is 3.36. The van der Waals surface area contributed by atoms with Crippen molar-refractivity contribution in [1.82, 2.24) is 9.97 Å². The molecule has 0 spiro atoms. The van der Waals surface area contributed by atoms with Crippen molar-refractivity contribution in [1.29, 1.82) is 0 Å². The molecule has 0 unspecified atom stereocenters. The highest BCUT2D eigenvalue weighted by molar-refractivity contribution is 5.71. The summed E-state index contributed by atoms with van der Waals surface area (Å²) in [7, 11) is 0. The number of esters is 1. The van der Waals surface area contributed by atoms with Crippen LogP contribution in [-0.4, -0.2) is 35.7 Å². The predicted octanol–water partition coefficient (Wildman–Crippen LogP) is 0.823. The summed E-state index contributed by atoms with van der Waals surface area (Å²) in [5.74, 6) is 0.534. The minimum Gasteiger partial charge on any atom is -0.476 e. The molecule has 100 valence electrons. The van der Waals surface area contributed by atoms with E-state index >= 15 is 0 Å². The third kappa shape index (κ3) is 4.08. The Hall–Kier alpha value is -2.05. The second kappa shape index (κ2) is 7.31. The summed E-state index contributed by atoms with van der Waals surface area (Å²) < 4.78 is 10.0. The molecule has 0 aromatic carbocycles. The van der Waals surface area contributed by atoms with E-state index in [1.54, 1.807) is 6.92 Å². The summed E-state index contributed by atoms with van der Waals surface area (Å²) in [5.41, 5.74) is 6.15. The fourth-order valence-corrected chi connectivity index (χ4v) is 1.29. The van der Waals surface area contributed by atoms with Gasteiger partial charge in [-0.1, -0.05) is 0 Å². The molecule has 1 heterocycles. The topological polar surface area (TPSA) is 99.4 Å². The summed E-state index contributed by atoms with van der Waals surface area (Å²) in [6.45, 7) is 4.86. The Morgan fingerprint density at radius 1 is 1.39 bits per heavy atom. The molecular formula is C11H18N4O3. The van der Waals surface area contributed by atoms with E-state index in [4.69, 9.17) is 15.2 Å². The van der Waals surface area contributed by atoms with Crippen LogP contribution in [0.5, 0.6) is 5.88 Å². The molecule has 7 nitrogen and oxygen atoms in total. The van der Waals surface area contributed by atoms with E-state index < -0.39 is 0 Å². The molecule has 0 aliphatic heterocycles. The van der Waals surface area contributed by atoms with E-state index in [2.05, 4.69) is 15.3 Å². The Morgan fingerprint density at radius 3 is 2.83 bits per heavy atom. The summed E-state index contributed by atoms with van der Waals surface area (Å²) in [4.78, 5) is 19.0. The molecular weight excluding hydrogens is 236 g/mol. The summed E-state index contributed by atoms with van der Waals surface area (Å²) in [6, 6.07) is 0. The molecule has 18 heavy (non-hydrogen) atoms. The van der Waals surface area contributed by atoms with Crippen LogP contribution in [0.25, 0.3) is 0 Å². The molecule has 0 atom stereocenters. The van der Waals surface area contributed by atoms with Crippen molar-refractivity contribution in [3.63, 3.8) is 0 Å². The van der Waals surface area contributed by atoms with Crippen molar-refractivity contribution in [2.45, 2.75) is 20.3 Å². The first-order chi connectivity index (χ1) is 8.69. The van der Waals surface area contributed by atoms with Gasteiger partial charge < -0.3 is 20.5 Å². The van der Waals surface area contributed by atoms with Crippen LogP contribution < -0.4 is 15.8 Å². The monoisotopic (exact) mass is 254 g/mol. The Bertz CT molecular complexity index is 398. The lowest BCUT2D eigenvalue weighted by atomic mass is 10.4. The normalized spacial score (nSPS) is 9.89. The van der Waals surface area contributed by atoms with Gasteiger partial charge in [0, 0.05) is 6.54 Å². The van der Waals surface area contributed by atoms with E-state index in [-0.39, 0.29) is 12.4 Å². The number of aromatic nitrogens is 2. The minimum absolute atomic E-state index is 0.251. The van der Waals surface area contributed by atoms with Gasteiger partial charge in [0.2, 0.25) is 5.88 Å². The van der Waals surface area contributed by atoms with Gasteiger partial charge in [-0.05, 0) is 13.8 Å². The molecule has 1 rings (SSSR count). The van der Waals surface area contributed by atoms with E-state index in [9.17, 15) is 4.79 Å². The van der Waals surface area contributed by atoms with Gasteiger partial charge in [0.15, 0.2) is 5.82 Å². The highest BCUT2D eigenvalue weighted by atomic mass is 16.5. The van der Waals surface area contributed by atoms with Crippen LogP contribution in [0.15, 0.2) is 6.33 Å². The highest BCUT2D eigenvalue weighted by Gasteiger charge is 2.09. The first-order valence-corrected chi connectivity index (χ1v) is 5.81. The molecule has 0 fully saturated rings. The van der Waals surface area contributed by atoms with Gasteiger partial charge >= 0.3 is 5.97 Å². The van der Waals surface area contributed by atoms with Crippen molar-refractivity contribution in [2.24, 2.45) is 0 Å². The van der Waals surface area contributed by atoms with Crippen LogP contribution in [0, 0.1) is 0 Å². The van der Waals surface area contributed by atoms with Gasteiger partial charge in [-0.2, -0.15) is 4.98 Å². The number of ether oxygens (including phenoxy) is 2. The van der Waals surface area contributed by atoms with Crippen molar-refractivity contribution < 1.29 is 14.3 Å². The molecule has 1 aromatic heterocycles. The number of nitrogens with two attached hydrogens (primary N) is 1. The van der Waals surface area contributed by atoms with Crippen LogP contribution >= 0.6 is 0 Å². The molecule has 0 aliphatic rings. The van der Waals surface area contributed by atoms with Gasteiger partial charge in [0.05, 0.1) is 19.6 Å². The van der Waals surface area contributed by atoms with Crippen LogP contribution in [0.4, 0.5) is 11.5 Å². The van der Waals surface area contributed by atoms with E-state index in [0.29, 0.717) is 37.1 Å². The average molecular weight is 254 g/mol. The number of hydrogen-bond acceptors (Lipinski definition) is 7. The molecule has 3 N–H and O–H groups in total. The standard InChI is InChI=1S/C11H18N4O3/c1-3-17-8(16)5-6-13-10-9(12)11(18-4-2)15-7-14-10/h7H,3-6,12H2,1-2H3,(H,13,14,15). The molecule has 7 heteroatoms. The zero-order valence-electron chi connectivity index (χ0n) is 10.6. The maximum atomic E-state index is 11.1. The van der Waals surface area contributed by atoms with Gasteiger partial charge in [-0.15, -0.1) is 0 Å². The number of carbonyl (C=O) groups is 1. The number of carbonyl (C=O) groups excluding carboxylic acids is 1. The lowest BCUT2D eigenvalue weighted by Gasteiger charge is -2.10. The zero-order chi connectivity index (χ0) is 13.4. The highest BCUT2D eigenvalue weighted by Crippen LogP contribution is 2.24. The fraction of sp³-hybridized carbons (Fsp3) is 0.545. The number of anilines is 2. The zero-order valence-corrected chi connectivity index (χ0v) is 10.6. The van der Waals surface area contributed by atoms with Crippen LogP contribution in [-0.2, 0) is 9.53 Å². The third-order valence-electron chi connectivity index (χ3n) is 2.06. The first kappa shape index (κ1) is 14.0. The Morgan fingerprint density at radius 2 is 2.17 bits per heavy atom. The van der Waals surface area contributed by atoms with E-state index in [0.717, 1.165) is 0 Å². The van der Waals surface area contributed by atoms with Crippen LogP contribution in [0.1, 0.15) is 20.3 Å². The van der Waals surface area contributed by atoms with Gasteiger partial charge in [-0.3, -0.25) is 4.79 Å². The lowest BCUT2D eigenvalue weighted by Crippen LogP contribution is -2.13. The number of nitrogens with one attached hydrogen (secondary N) is 1. The second-order valence-electron chi connectivity index (χ2n) is 3.36. The quantitative estimate of drug-likeness (QED) is 0.695. The Kier molecular flexibility index (Phi) is 5.69. The largest absolute Gasteiger partial charge is 0.476 e. The average Bonchev–Trinajstić information content (AvgIpc) is 2.34. The van der Waals surface area contributed by atoms with Gasteiger partial charge in [-0.25, -0.2) is 4.98 Å². The number of hydrogen-bond donors (Lipinski definition) is 2. The lowest BCUT2D eigenvalue weighted by molar-refractivity contribution is -0.142. The van der Waals surface area contributed by atoms with Gasteiger partial charge in [0.25, 0.3) is 0 Å². The van der Waals surface area contributed by atoms with Crippen molar-refractivity contribution in [2.75, 3.05) is 30.8 Å².